The van der Waals surface area contributed by atoms with Crippen LogP contribution in [0, 0.1) is 0 Å². The molecule has 0 unspecified atom stereocenters. The zero-order valence-corrected chi connectivity index (χ0v) is 20.8. The zero-order valence-electron chi connectivity index (χ0n) is 14.5. The molecule has 0 heterocycles. The number of rotatable bonds is 4. The Kier molecular flexibility index (Phi) is 16.9. The molecule has 0 saturated heterocycles. The molecule has 0 aliphatic heterocycles. The fourth-order valence-corrected chi connectivity index (χ4v) is 3.72. The van der Waals surface area contributed by atoms with Gasteiger partial charge in [-0.1, -0.05) is 8.64 Å². The topological polar surface area (TPSA) is 6.48 Å². The minimum Gasteiger partial charge on any atom is -0.411 e. The van der Waals surface area contributed by atoms with Gasteiger partial charge in [0.2, 0.25) is 0 Å². The molecular weight excluding hydrogens is 390 g/mol. The SMILES string of the molecule is CC(C)N(C(=S)[S-])C(C)C.CC(C)N(C(=S)[S-])C(C)C.[Zn+2]. The van der Waals surface area contributed by atoms with Gasteiger partial charge in [-0.2, -0.15) is 0 Å². The van der Waals surface area contributed by atoms with E-state index in [1.165, 1.54) is 0 Å². The summed E-state index contributed by atoms with van der Waals surface area (Å²) in [5.74, 6) is 0. The monoisotopic (exact) mass is 416 g/mol. The van der Waals surface area contributed by atoms with Crippen molar-refractivity contribution in [3.8, 4) is 0 Å². The van der Waals surface area contributed by atoms with Crippen LogP contribution in [0.2, 0.25) is 0 Å². The van der Waals surface area contributed by atoms with E-state index in [0.29, 0.717) is 32.8 Å². The van der Waals surface area contributed by atoms with Gasteiger partial charge in [-0.25, -0.2) is 0 Å². The van der Waals surface area contributed by atoms with Gasteiger partial charge >= 0.3 is 19.5 Å². The van der Waals surface area contributed by atoms with Gasteiger partial charge in [0, 0.05) is 24.2 Å². The van der Waals surface area contributed by atoms with Crippen LogP contribution < -0.4 is 0 Å². The summed E-state index contributed by atoms with van der Waals surface area (Å²) < 4.78 is 1.15. The van der Waals surface area contributed by atoms with E-state index in [4.69, 9.17) is 49.7 Å². The van der Waals surface area contributed by atoms with Crippen LogP contribution in [0.5, 0.6) is 0 Å². The van der Waals surface area contributed by atoms with Gasteiger partial charge < -0.3 is 59.5 Å². The summed E-state index contributed by atoms with van der Waals surface area (Å²) in [7, 11) is 0. The van der Waals surface area contributed by atoms with Gasteiger partial charge in [-0.15, -0.1) is 0 Å². The molecule has 0 aromatic heterocycles. The van der Waals surface area contributed by atoms with E-state index in [0.717, 1.165) is 0 Å². The van der Waals surface area contributed by atoms with Gasteiger partial charge in [0.05, 0.1) is 0 Å². The first-order valence-corrected chi connectivity index (χ1v) is 8.55. The summed E-state index contributed by atoms with van der Waals surface area (Å²) in [4.78, 5) is 4.09. The molecule has 7 heteroatoms. The van der Waals surface area contributed by atoms with E-state index < -0.39 is 0 Å². The quantitative estimate of drug-likeness (QED) is 0.386. The van der Waals surface area contributed by atoms with E-state index >= 15 is 0 Å². The molecule has 0 saturated carbocycles. The number of hydrogen-bond donors (Lipinski definition) is 0. The van der Waals surface area contributed by atoms with E-state index in [1.54, 1.807) is 0 Å². The van der Waals surface area contributed by atoms with E-state index in [1.807, 2.05) is 9.80 Å². The van der Waals surface area contributed by atoms with E-state index in [-0.39, 0.29) is 19.5 Å². The van der Waals surface area contributed by atoms with Gasteiger partial charge in [-0.05, 0) is 55.4 Å². The third-order valence-corrected chi connectivity index (χ3v) is 3.49. The molecule has 2 nitrogen and oxygen atoms in total. The van der Waals surface area contributed by atoms with Crippen molar-refractivity contribution in [2.24, 2.45) is 0 Å². The Bertz CT molecular complexity index is 261. The van der Waals surface area contributed by atoms with Crippen LogP contribution in [0.1, 0.15) is 55.4 Å². The van der Waals surface area contributed by atoms with Crippen LogP contribution in [-0.2, 0) is 44.7 Å². The minimum atomic E-state index is 0. The molecule has 120 valence electrons. The van der Waals surface area contributed by atoms with Crippen molar-refractivity contribution < 1.29 is 19.5 Å². The second kappa shape index (κ2) is 13.3. The average molecular weight is 418 g/mol. The van der Waals surface area contributed by atoms with Crippen molar-refractivity contribution in [1.82, 2.24) is 9.80 Å². The number of hydrogen-bond acceptors (Lipinski definition) is 4. The maximum absolute atomic E-state index is 4.91. The van der Waals surface area contributed by atoms with Crippen LogP contribution in [0.3, 0.4) is 0 Å². The maximum Gasteiger partial charge on any atom is 2.00 e. The summed E-state index contributed by atoms with van der Waals surface area (Å²) in [6, 6.07) is 1.69. The van der Waals surface area contributed by atoms with Gasteiger partial charge in [-0.3, -0.25) is 0 Å². The summed E-state index contributed by atoms with van der Waals surface area (Å²) >= 11 is 19.6. The summed E-state index contributed by atoms with van der Waals surface area (Å²) in [5, 5.41) is 0. The first-order chi connectivity index (χ1) is 8.93. The van der Waals surface area contributed by atoms with Gasteiger partial charge in [0.1, 0.15) is 0 Å². The van der Waals surface area contributed by atoms with E-state index in [9.17, 15) is 0 Å². The average Bonchev–Trinajstić information content (AvgIpc) is 2.12. The maximum atomic E-state index is 4.91. The summed E-state index contributed by atoms with van der Waals surface area (Å²) in [6.45, 7) is 16.8. The molecule has 0 radical (unpaired) electrons. The molecule has 0 N–H and O–H groups in total. The van der Waals surface area contributed by atoms with Crippen LogP contribution in [-0.4, -0.2) is 42.6 Å². The Balaban J connectivity index is -0.000000295. The van der Waals surface area contributed by atoms with Crippen LogP contribution >= 0.6 is 24.4 Å². The van der Waals surface area contributed by atoms with Crippen molar-refractivity contribution in [2.45, 2.75) is 79.6 Å². The van der Waals surface area contributed by atoms with Crippen molar-refractivity contribution in [3.63, 3.8) is 0 Å². The predicted octanol–water partition coefficient (Wildman–Crippen LogP) is 3.87. The smallest absolute Gasteiger partial charge is 0.411 e. The second-order valence-electron chi connectivity index (χ2n) is 5.72. The molecule has 0 aliphatic rings. The van der Waals surface area contributed by atoms with Crippen molar-refractivity contribution in [2.75, 3.05) is 0 Å². The van der Waals surface area contributed by atoms with Crippen molar-refractivity contribution in [3.05, 3.63) is 0 Å². The van der Waals surface area contributed by atoms with Gasteiger partial charge in [0.15, 0.2) is 0 Å². The van der Waals surface area contributed by atoms with Crippen molar-refractivity contribution in [1.29, 1.82) is 0 Å². The molecule has 21 heavy (non-hydrogen) atoms. The first kappa shape index (κ1) is 26.7. The largest absolute Gasteiger partial charge is 2.00 e. The zero-order chi connectivity index (χ0) is 16.6. The summed E-state index contributed by atoms with van der Waals surface area (Å²) in [5.41, 5.74) is 0. The van der Waals surface area contributed by atoms with Crippen LogP contribution in [0.4, 0.5) is 0 Å². The molecule has 0 atom stereocenters. The van der Waals surface area contributed by atoms with Crippen LogP contribution in [0.25, 0.3) is 0 Å². The molecule has 0 fully saturated rings. The molecule has 0 bridgehead atoms. The molecule has 0 aromatic carbocycles. The van der Waals surface area contributed by atoms with Gasteiger partial charge in [0.25, 0.3) is 0 Å². The molecular formula is C14H28N2S4Zn. The Morgan fingerprint density at radius 1 is 0.619 bits per heavy atom. The Morgan fingerprint density at radius 3 is 0.762 bits per heavy atom. The van der Waals surface area contributed by atoms with Crippen molar-refractivity contribution >= 4 is 58.3 Å². The third kappa shape index (κ3) is 12.0. The normalized spacial score (nSPS) is 10.1. The first-order valence-electron chi connectivity index (χ1n) is 6.92. The van der Waals surface area contributed by atoms with Crippen LogP contribution in [0.15, 0.2) is 0 Å². The standard InChI is InChI=1S/2C7H15NS2.Zn/c2*1-5(2)8(6(3)4)7(9)10;/h2*5-6H,1-4H3,(H,9,10);/q;;+2/p-2. The third-order valence-electron chi connectivity index (χ3n) is 2.65. The molecule has 0 spiro atoms. The minimum absolute atomic E-state index is 0. The fraction of sp³-hybridized carbons (Fsp3) is 0.857. The molecule has 0 amide bonds. The van der Waals surface area contributed by atoms with E-state index in [2.05, 4.69) is 55.4 Å². The molecule has 0 aliphatic carbocycles. The fourth-order valence-electron chi connectivity index (χ4n) is 2.04. The summed E-state index contributed by atoms with van der Waals surface area (Å²) in [6.07, 6.45) is 0. The molecule has 0 rings (SSSR count). The number of thiocarbonyl (C=S) groups is 2. The molecule has 0 aromatic rings. The number of nitrogens with zero attached hydrogens (tertiary/aromatic N) is 2. The predicted molar refractivity (Wildman–Crippen MR) is 104 cm³/mol. The second-order valence-corrected chi connectivity index (χ2v) is 7.78. The Labute approximate surface area is 166 Å². The Morgan fingerprint density at radius 2 is 0.762 bits per heavy atom. The Hall–Kier alpha value is 0.843.